The largest absolute Gasteiger partial charge is 0.283 e. The van der Waals surface area contributed by atoms with Crippen LogP contribution in [0.5, 0.6) is 0 Å². The lowest BCUT2D eigenvalue weighted by Crippen LogP contribution is -2.25. The van der Waals surface area contributed by atoms with E-state index in [4.69, 9.17) is 0 Å². The van der Waals surface area contributed by atoms with E-state index >= 15 is 0 Å². The zero-order valence-electron chi connectivity index (χ0n) is 15.4. The van der Waals surface area contributed by atoms with E-state index < -0.39 is 23.4 Å². The van der Waals surface area contributed by atoms with Crippen LogP contribution in [0, 0.1) is 11.6 Å². The summed E-state index contributed by atoms with van der Waals surface area (Å²) in [5.41, 5.74) is 3.03. The van der Waals surface area contributed by atoms with E-state index in [9.17, 15) is 18.4 Å². The normalized spacial score (nSPS) is 20.7. The van der Waals surface area contributed by atoms with Crippen LogP contribution < -0.4 is 0 Å². The Morgan fingerprint density at radius 3 is 1.50 bits per heavy atom. The van der Waals surface area contributed by atoms with E-state index in [0.29, 0.717) is 33.6 Å². The summed E-state index contributed by atoms with van der Waals surface area (Å²) in [5, 5.41) is 0. The Morgan fingerprint density at radius 1 is 0.633 bits per heavy atom. The Balaban J connectivity index is 1.56. The standard InChI is InChI=1S/C24H12F2N2O2/c25-17-5-1-3-13-7-9-27-19(21(13)17)11-15(23(27)29)16-12-20-22-14(4-2-6-18(22)26)8-10-28(20)24(16)30/h1-12H/b16-15+. The number of hydrogen-bond donors (Lipinski definition) is 0. The van der Waals surface area contributed by atoms with E-state index in [-0.39, 0.29) is 11.1 Å². The third-order valence-electron chi connectivity index (χ3n) is 5.68. The van der Waals surface area contributed by atoms with Crippen LogP contribution in [0.25, 0.3) is 23.5 Å². The number of carbonyl (C=O) groups is 2. The second-order valence-electron chi connectivity index (χ2n) is 7.28. The number of fused-ring (bicyclic) bond motifs is 6. The highest BCUT2D eigenvalue weighted by Crippen LogP contribution is 2.42. The highest BCUT2D eigenvalue weighted by molar-refractivity contribution is 6.20. The number of amides is 2. The van der Waals surface area contributed by atoms with Gasteiger partial charge in [-0.2, -0.15) is 0 Å². The predicted octanol–water partition coefficient (Wildman–Crippen LogP) is 4.30. The quantitative estimate of drug-likeness (QED) is 0.621. The van der Waals surface area contributed by atoms with Gasteiger partial charge in [0, 0.05) is 23.5 Å². The summed E-state index contributed by atoms with van der Waals surface area (Å²) in [6.07, 6.45) is 9.52. The highest BCUT2D eigenvalue weighted by atomic mass is 19.1. The van der Waals surface area contributed by atoms with E-state index in [1.165, 1.54) is 34.1 Å². The molecule has 0 N–H and O–H groups in total. The molecule has 0 saturated heterocycles. The molecule has 144 valence electrons. The molecule has 30 heavy (non-hydrogen) atoms. The zero-order chi connectivity index (χ0) is 20.6. The fourth-order valence-corrected chi connectivity index (χ4v) is 4.29. The minimum atomic E-state index is -0.445. The zero-order valence-corrected chi connectivity index (χ0v) is 15.4. The van der Waals surface area contributed by atoms with Crippen LogP contribution in [0.1, 0.15) is 22.3 Å². The minimum absolute atomic E-state index is 0.156. The number of hydrogen-bond acceptors (Lipinski definition) is 2. The average Bonchev–Trinajstić information content (AvgIpc) is 3.25. The Bertz CT molecular complexity index is 1260. The number of benzene rings is 2. The van der Waals surface area contributed by atoms with Crippen LogP contribution in [0.15, 0.2) is 72.1 Å². The average molecular weight is 398 g/mol. The molecule has 0 aliphatic carbocycles. The molecule has 0 unspecified atom stereocenters. The van der Waals surface area contributed by atoms with Gasteiger partial charge in [-0.15, -0.1) is 0 Å². The summed E-state index contributed by atoms with van der Waals surface area (Å²) in [4.78, 5) is 28.8. The second kappa shape index (κ2) is 5.73. The maximum atomic E-state index is 14.5. The minimum Gasteiger partial charge on any atom is -0.283 e. The first kappa shape index (κ1) is 16.9. The lowest BCUT2D eigenvalue weighted by molar-refractivity contribution is -0.123. The van der Waals surface area contributed by atoms with Gasteiger partial charge in [0.15, 0.2) is 0 Å². The van der Waals surface area contributed by atoms with Crippen LogP contribution in [0.3, 0.4) is 0 Å². The Kier molecular flexibility index (Phi) is 3.22. The Hall–Kier alpha value is -4.06. The van der Waals surface area contributed by atoms with Crippen molar-refractivity contribution in [1.29, 1.82) is 0 Å². The molecule has 6 heteroatoms. The van der Waals surface area contributed by atoms with Crippen LogP contribution in [0.4, 0.5) is 8.78 Å². The van der Waals surface area contributed by atoms with Crippen molar-refractivity contribution in [2.75, 3.05) is 0 Å². The summed E-state index contributed by atoms with van der Waals surface area (Å²) in [6, 6.07) is 9.39. The summed E-state index contributed by atoms with van der Waals surface area (Å²) < 4.78 is 29.0. The molecule has 2 aromatic carbocycles. The highest BCUT2D eigenvalue weighted by Gasteiger charge is 2.39. The first-order valence-electron chi connectivity index (χ1n) is 9.33. The van der Waals surface area contributed by atoms with Gasteiger partial charge < -0.3 is 0 Å². The molecule has 4 aliphatic heterocycles. The van der Waals surface area contributed by atoms with Gasteiger partial charge in [-0.05, 0) is 47.6 Å². The summed E-state index contributed by atoms with van der Waals surface area (Å²) >= 11 is 0. The van der Waals surface area contributed by atoms with Crippen molar-refractivity contribution in [2.24, 2.45) is 0 Å². The maximum Gasteiger partial charge on any atom is 0.263 e. The first-order valence-corrected chi connectivity index (χ1v) is 9.33. The summed E-state index contributed by atoms with van der Waals surface area (Å²) in [5.74, 6) is -1.74. The van der Waals surface area contributed by atoms with Crippen molar-refractivity contribution in [3.63, 3.8) is 0 Å². The third-order valence-corrected chi connectivity index (χ3v) is 5.68. The van der Waals surface area contributed by atoms with E-state index in [0.717, 1.165) is 0 Å². The number of nitrogens with zero attached hydrogens (tertiary/aromatic N) is 2. The van der Waals surface area contributed by atoms with Crippen LogP contribution in [0.2, 0.25) is 0 Å². The molecule has 4 heterocycles. The van der Waals surface area contributed by atoms with Gasteiger partial charge >= 0.3 is 0 Å². The molecule has 0 aromatic heterocycles. The van der Waals surface area contributed by atoms with Gasteiger partial charge in [0.25, 0.3) is 11.8 Å². The predicted molar refractivity (Wildman–Crippen MR) is 108 cm³/mol. The third kappa shape index (κ3) is 2.07. The molecule has 0 bridgehead atoms. The molecule has 0 fully saturated rings. The van der Waals surface area contributed by atoms with Gasteiger partial charge in [0.1, 0.15) is 11.6 Å². The lowest BCUT2D eigenvalue weighted by atomic mass is 10.00. The van der Waals surface area contributed by atoms with Crippen molar-refractivity contribution in [3.05, 3.63) is 106 Å². The molecular formula is C24H12F2N2O2. The molecule has 2 aromatic rings. The molecular weight excluding hydrogens is 386 g/mol. The van der Waals surface area contributed by atoms with E-state index in [2.05, 4.69) is 0 Å². The van der Waals surface area contributed by atoms with E-state index in [1.54, 1.807) is 48.8 Å². The number of carbonyl (C=O) groups excluding carboxylic acids is 2. The fourth-order valence-electron chi connectivity index (χ4n) is 4.29. The smallest absolute Gasteiger partial charge is 0.263 e. The van der Waals surface area contributed by atoms with E-state index in [1.807, 2.05) is 0 Å². The van der Waals surface area contributed by atoms with Gasteiger partial charge in [-0.3, -0.25) is 19.4 Å². The summed E-state index contributed by atoms with van der Waals surface area (Å²) in [6.45, 7) is 0. The molecule has 0 spiro atoms. The lowest BCUT2D eigenvalue weighted by Gasteiger charge is -2.22. The SMILES string of the molecule is O=C1/C(=C2\C=C3c4c(F)cccc4C=CN3C2=O)C=C2c3c(F)cccc3C=CN12. The molecule has 0 radical (unpaired) electrons. The van der Waals surface area contributed by atoms with Crippen molar-refractivity contribution in [2.45, 2.75) is 0 Å². The second-order valence-corrected chi connectivity index (χ2v) is 7.28. The summed E-state index contributed by atoms with van der Waals surface area (Å²) in [7, 11) is 0. The van der Waals surface area contributed by atoms with Crippen molar-refractivity contribution >= 4 is 35.4 Å². The fraction of sp³-hybridized carbons (Fsp3) is 0. The first-order chi connectivity index (χ1) is 14.5. The molecule has 4 aliphatic rings. The van der Waals surface area contributed by atoms with Crippen molar-refractivity contribution in [3.8, 4) is 0 Å². The van der Waals surface area contributed by atoms with Gasteiger partial charge in [-0.25, -0.2) is 8.78 Å². The van der Waals surface area contributed by atoms with Gasteiger partial charge in [0.2, 0.25) is 0 Å². The van der Waals surface area contributed by atoms with Gasteiger partial charge in [0.05, 0.1) is 22.5 Å². The number of halogens is 2. The van der Waals surface area contributed by atoms with Crippen LogP contribution in [-0.2, 0) is 9.59 Å². The Labute approximate surface area is 170 Å². The monoisotopic (exact) mass is 398 g/mol. The van der Waals surface area contributed by atoms with Crippen LogP contribution in [-0.4, -0.2) is 21.6 Å². The topological polar surface area (TPSA) is 40.6 Å². The molecule has 0 saturated carbocycles. The van der Waals surface area contributed by atoms with Crippen LogP contribution >= 0.6 is 0 Å². The van der Waals surface area contributed by atoms with Crippen molar-refractivity contribution < 1.29 is 18.4 Å². The molecule has 0 atom stereocenters. The molecule has 4 nitrogen and oxygen atoms in total. The van der Waals surface area contributed by atoms with Gasteiger partial charge in [-0.1, -0.05) is 24.3 Å². The number of rotatable bonds is 0. The van der Waals surface area contributed by atoms with Crippen molar-refractivity contribution in [1.82, 2.24) is 9.80 Å². The molecule has 2 amide bonds. The Morgan fingerprint density at radius 2 is 1.07 bits per heavy atom. The molecule has 6 rings (SSSR count). The maximum absolute atomic E-state index is 14.5.